The van der Waals surface area contributed by atoms with Crippen LogP contribution >= 0.6 is 0 Å². The molecular weight excluding hydrogens is 375 g/mol. The molecule has 28 heavy (non-hydrogen) atoms. The molecule has 3 aromatic rings. The fourth-order valence-electron chi connectivity index (χ4n) is 2.51. The third kappa shape index (κ3) is 4.48. The Bertz CT molecular complexity index is 970. The highest BCUT2D eigenvalue weighted by Gasteiger charge is 2.30. The molecule has 0 aliphatic heterocycles. The molecule has 0 unspecified atom stereocenters. The molecule has 0 spiro atoms. The second-order valence-electron chi connectivity index (χ2n) is 5.76. The summed E-state index contributed by atoms with van der Waals surface area (Å²) in [6, 6.07) is 11.6. The first-order valence-corrected chi connectivity index (χ1v) is 8.35. The van der Waals surface area contributed by atoms with Crippen molar-refractivity contribution in [3.8, 4) is 17.0 Å². The van der Waals surface area contributed by atoms with Gasteiger partial charge in [-0.15, -0.1) is 5.10 Å². The zero-order valence-corrected chi connectivity index (χ0v) is 14.8. The molecule has 2 aromatic carbocycles. The highest BCUT2D eigenvalue weighted by Crippen LogP contribution is 2.30. The van der Waals surface area contributed by atoms with Gasteiger partial charge in [-0.2, -0.15) is 23.5 Å². The average molecular weight is 391 g/mol. The van der Waals surface area contributed by atoms with Gasteiger partial charge in [0.2, 0.25) is 0 Å². The van der Waals surface area contributed by atoms with Crippen molar-refractivity contribution in [3.63, 3.8) is 0 Å². The van der Waals surface area contributed by atoms with Crippen molar-refractivity contribution in [2.75, 3.05) is 6.61 Å². The van der Waals surface area contributed by atoms with E-state index in [0.29, 0.717) is 22.6 Å². The average Bonchev–Trinajstić information content (AvgIpc) is 3.16. The molecule has 146 valence electrons. The predicted molar refractivity (Wildman–Crippen MR) is 93.6 cm³/mol. The van der Waals surface area contributed by atoms with Crippen molar-refractivity contribution in [3.05, 3.63) is 65.4 Å². The number of carbonyl (C=O) groups is 1. The number of nitrogens with zero attached hydrogens (tertiary/aromatic N) is 2. The van der Waals surface area contributed by atoms with E-state index in [1.165, 1.54) is 6.07 Å². The quantitative estimate of drug-likeness (QED) is 0.636. The van der Waals surface area contributed by atoms with Crippen LogP contribution in [0, 0.1) is 0 Å². The predicted octanol–water partition coefficient (Wildman–Crippen LogP) is 4.25. The van der Waals surface area contributed by atoms with E-state index >= 15 is 0 Å². The smallest absolute Gasteiger partial charge is 0.416 e. The number of H-pyrrole nitrogens is 1. The summed E-state index contributed by atoms with van der Waals surface area (Å²) < 4.78 is 49.0. The lowest BCUT2D eigenvalue weighted by molar-refractivity contribution is -0.137. The number of hydrogen-bond donors (Lipinski definition) is 1. The van der Waals surface area contributed by atoms with Crippen LogP contribution in [-0.4, -0.2) is 28.0 Å². The normalized spacial score (nSPS) is 11.3. The Morgan fingerprint density at radius 3 is 2.64 bits per heavy atom. The van der Waals surface area contributed by atoms with E-state index in [1.54, 1.807) is 37.3 Å². The highest BCUT2D eigenvalue weighted by atomic mass is 19.4. The second-order valence-corrected chi connectivity index (χ2v) is 5.76. The molecular formula is C19H16F3N3O3. The summed E-state index contributed by atoms with van der Waals surface area (Å²) in [5, 5.41) is 10.2. The molecule has 0 atom stereocenters. The topological polar surface area (TPSA) is 77.1 Å². The van der Waals surface area contributed by atoms with Crippen LogP contribution in [0.5, 0.6) is 5.75 Å². The summed E-state index contributed by atoms with van der Waals surface area (Å²) in [5.74, 6) is -0.200. The lowest BCUT2D eigenvalue weighted by Gasteiger charge is -2.10. The molecule has 0 saturated heterocycles. The Morgan fingerprint density at radius 2 is 1.89 bits per heavy atom. The number of aromatic amines is 1. The van der Waals surface area contributed by atoms with E-state index in [9.17, 15) is 18.0 Å². The van der Waals surface area contributed by atoms with E-state index < -0.39 is 17.7 Å². The van der Waals surface area contributed by atoms with Crippen LogP contribution in [-0.2, 0) is 17.5 Å². The molecule has 0 amide bonds. The lowest BCUT2D eigenvalue weighted by Crippen LogP contribution is -2.07. The third-order valence-electron chi connectivity index (χ3n) is 3.78. The summed E-state index contributed by atoms with van der Waals surface area (Å²) in [5.41, 5.74) is 0.538. The largest absolute Gasteiger partial charge is 0.489 e. The number of aromatic nitrogens is 3. The molecule has 0 saturated carbocycles. The van der Waals surface area contributed by atoms with E-state index in [4.69, 9.17) is 9.47 Å². The Morgan fingerprint density at radius 1 is 1.11 bits per heavy atom. The number of alkyl halides is 3. The Kier molecular flexibility index (Phi) is 5.62. The first-order chi connectivity index (χ1) is 13.4. The van der Waals surface area contributed by atoms with Crippen LogP contribution in [0.2, 0.25) is 0 Å². The Hall–Kier alpha value is -3.36. The number of nitrogens with one attached hydrogen (secondary N) is 1. The van der Waals surface area contributed by atoms with Crippen LogP contribution < -0.4 is 4.74 Å². The van der Waals surface area contributed by atoms with Gasteiger partial charge in [-0.1, -0.05) is 24.3 Å². The van der Waals surface area contributed by atoms with Gasteiger partial charge in [-0.3, -0.25) is 0 Å². The van der Waals surface area contributed by atoms with Gasteiger partial charge in [0.1, 0.15) is 18.1 Å². The summed E-state index contributed by atoms with van der Waals surface area (Å²) in [6.45, 7) is 1.84. The zero-order valence-electron chi connectivity index (χ0n) is 14.8. The first-order valence-electron chi connectivity index (χ1n) is 8.35. The van der Waals surface area contributed by atoms with E-state index in [1.807, 2.05) is 0 Å². The molecule has 0 fully saturated rings. The number of halogens is 3. The van der Waals surface area contributed by atoms with Crippen molar-refractivity contribution < 1.29 is 27.4 Å². The first kappa shape index (κ1) is 19.4. The van der Waals surface area contributed by atoms with Crippen molar-refractivity contribution in [1.82, 2.24) is 15.4 Å². The Labute approximate surface area is 158 Å². The monoisotopic (exact) mass is 391 g/mol. The number of hydrogen-bond acceptors (Lipinski definition) is 5. The summed E-state index contributed by atoms with van der Waals surface area (Å²) >= 11 is 0. The maximum Gasteiger partial charge on any atom is 0.416 e. The van der Waals surface area contributed by atoms with Crippen molar-refractivity contribution in [2.45, 2.75) is 19.7 Å². The molecule has 0 aliphatic carbocycles. The SMILES string of the molecule is CCOC(=O)c1n[nH]nc1-c1cccc(OCc2cccc(C(F)(F)F)c2)c1. The molecule has 0 radical (unpaired) electrons. The van der Waals surface area contributed by atoms with Crippen molar-refractivity contribution in [2.24, 2.45) is 0 Å². The van der Waals surface area contributed by atoms with E-state index in [2.05, 4.69) is 15.4 Å². The van der Waals surface area contributed by atoms with Crippen LogP contribution in [0.1, 0.15) is 28.5 Å². The van der Waals surface area contributed by atoms with E-state index in [-0.39, 0.29) is 18.9 Å². The van der Waals surface area contributed by atoms with Gasteiger partial charge in [-0.25, -0.2) is 4.79 Å². The molecule has 1 N–H and O–H groups in total. The van der Waals surface area contributed by atoms with Crippen molar-refractivity contribution in [1.29, 1.82) is 0 Å². The number of rotatable bonds is 6. The van der Waals surface area contributed by atoms with Gasteiger partial charge >= 0.3 is 12.1 Å². The summed E-state index contributed by atoms with van der Waals surface area (Å²) in [6.07, 6.45) is -4.41. The molecule has 1 heterocycles. The molecule has 6 nitrogen and oxygen atoms in total. The molecule has 0 aliphatic rings. The maximum atomic E-state index is 12.8. The lowest BCUT2D eigenvalue weighted by atomic mass is 10.1. The minimum absolute atomic E-state index is 0.0388. The summed E-state index contributed by atoms with van der Waals surface area (Å²) in [4.78, 5) is 11.9. The zero-order chi connectivity index (χ0) is 20.1. The minimum Gasteiger partial charge on any atom is -0.489 e. The van der Waals surface area contributed by atoms with Crippen LogP contribution in [0.25, 0.3) is 11.3 Å². The van der Waals surface area contributed by atoms with Gasteiger partial charge in [-0.05, 0) is 36.8 Å². The van der Waals surface area contributed by atoms with Crippen LogP contribution in [0.15, 0.2) is 48.5 Å². The highest BCUT2D eigenvalue weighted by molar-refractivity contribution is 5.93. The van der Waals surface area contributed by atoms with Crippen LogP contribution in [0.3, 0.4) is 0 Å². The van der Waals surface area contributed by atoms with Crippen molar-refractivity contribution >= 4 is 5.97 Å². The van der Waals surface area contributed by atoms with Gasteiger partial charge in [0.25, 0.3) is 0 Å². The molecule has 0 bridgehead atoms. The molecule has 1 aromatic heterocycles. The third-order valence-corrected chi connectivity index (χ3v) is 3.78. The van der Waals surface area contributed by atoms with E-state index in [0.717, 1.165) is 12.1 Å². The number of benzene rings is 2. The number of esters is 1. The Balaban J connectivity index is 1.77. The van der Waals surface area contributed by atoms with Crippen LogP contribution in [0.4, 0.5) is 13.2 Å². The standard InChI is InChI=1S/C19H16F3N3O3/c1-2-27-18(26)17-16(23-25-24-17)13-6-4-8-15(10-13)28-11-12-5-3-7-14(9-12)19(20,21)22/h3-10H,2,11H2,1H3,(H,23,24,25). The fourth-order valence-corrected chi connectivity index (χ4v) is 2.51. The van der Waals surface area contributed by atoms with Gasteiger partial charge < -0.3 is 9.47 Å². The fraction of sp³-hybridized carbons (Fsp3) is 0.211. The molecule has 3 rings (SSSR count). The second kappa shape index (κ2) is 8.12. The maximum absolute atomic E-state index is 12.8. The minimum atomic E-state index is -4.41. The molecule has 9 heteroatoms. The summed E-state index contributed by atoms with van der Waals surface area (Å²) in [7, 11) is 0. The van der Waals surface area contributed by atoms with Gasteiger partial charge in [0, 0.05) is 5.56 Å². The van der Waals surface area contributed by atoms with Gasteiger partial charge in [0.05, 0.1) is 12.2 Å². The van der Waals surface area contributed by atoms with Gasteiger partial charge in [0.15, 0.2) is 5.69 Å². The number of ether oxygens (including phenoxy) is 2. The number of carbonyl (C=O) groups excluding carboxylic acids is 1.